The van der Waals surface area contributed by atoms with Crippen LogP contribution in [0.5, 0.6) is 0 Å². The summed E-state index contributed by atoms with van der Waals surface area (Å²) < 4.78 is 0. The largest absolute Gasteiger partial charge is 0.476 e. The molecular weight excluding hydrogens is 290 g/mol. The molecule has 3 N–H and O–H groups in total. The molecule has 6 nitrogen and oxygen atoms in total. The molecule has 1 aromatic rings. The second-order valence-electron chi connectivity index (χ2n) is 5.65. The van der Waals surface area contributed by atoms with E-state index in [4.69, 9.17) is 5.11 Å². The van der Waals surface area contributed by atoms with Crippen LogP contribution in [-0.2, 0) is 6.54 Å². The molecule has 0 aliphatic rings. The summed E-state index contributed by atoms with van der Waals surface area (Å²) in [6, 6.07) is -0.256. The van der Waals surface area contributed by atoms with Gasteiger partial charge in [0.15, 0.2) is 5.69 Å². The van der Waals surface area contributed by atoms with Gasteiger partial charge in [0.25, 0.3) is 0 Å². The molecule has 0 aromatic carbocycles. The third kappa shape index (κ3) is 5.71. The quantitative estimate of drug-likeness (QED) is 0.721. The number of thiazole rings is 1. The predicted molar refractivity (Wildman–Crippen MR) is 82.5 cm³/mol. The van der Waals surface area contributed by atoms with Gasteiger partial charge in [0, 0.05) is 11.9 Å². The molecule has 1 heterocycles. The first kappa shape index (κ1) is 17.4. The second-order valence-corrected chi connectivity index (χ2v) is 6.59. The first-order valence-corrected chi connectivity index (χ1v) is 7.88. The highest BCUT2D eigenvalue weighted by atomic mass is 32.1. The lowest BCUT2D eigenvalue weighted by molar-refractivity contribution is 0.0691. The van der Waals surface area contributed by atoms with Crippen molar-refractivity contribution in [3.8, 4) is 0 Å². The standard InChI is InChI=1S/C14H23N3O3S/c1-8(2)10(9(3)4)5-15-14(20)16-6-12-17-11(7-21-12)13(18)19/h7-10H,5-6H2,1-4H3,(H,18,19)(H2,15,16,20). The van der Waals surface area contributed by atoms with Gasteiger partial charge in [-0.05, 0) is 17.8 Å². The third-order valence-electron chi connectivity index (χ3n) is 3.38. The van der Waals surface area contributed by atoms with Gasteiger partial charge in [0.2, 0.25) is 0 Å². The van der Waals surface area contributed by atoms with Crippen LogP contribution >= 0.6 is 11.3 Å². The fourth-order valence-corrected chi connectivity index (χ4v) is 2.87. The summed E-state index contributed by atoms with van der Waals surface area (Å²) in [4.78, 5) is 26.4. The van der Waals surface area contributed by atoms with Gasteiger partial charge in [-0.15, -0.1) is 11.3 Å². The number of aromatic carboxylic acids is 1. The summed E-state index contributed by atoms with van der Waals surface area (Å²) in [6.45, 7) is 9.44. The average Bonchev–Trinajstić information content (AvgIpc) is 2.84. The van der Waals surface area contributed by atoms with E-state index in [2.05, 4.69) is 43.3 Å². The molecule has 0 saturated heterocycles. The number of carboxylic acids is 1. The van der Waals surface area contributed by atoms with Gasteiger partial charge in [-0.25, -0.2) is 14.6 Å². The molecule has 1 aromatic heterocycles. The van der Waals surface area contributed by atoms with Gasteiger partial charge in [-0.2, -0.15) is 0 Å². The van der Waals surface area contributed by atoms with Crippen molar-refractivity contribution >= 4 is 23.3 Å². The molecular formula is C14H23N3O3S. The maximum Gasteiger partial charge on any atom is 0.355 e. The Morgan fingerprint density at radius 3 is 2.33 bits per heavy atom. The highest BCUT2D eigenvalue weighted by molar-refractivity contribution is 7.09. The number of nitrogens with zero attached hydrogens (tertiary/aromatic N) is 1. The van der Waals surface area contributed by atoms with E-state index in [-0.39, 0.29) is 18.3 Å². The van der Waals surface area contributed by atoms with Gasteiger partial charge < -0.3 is 15.7 Å². The fraction of sp³-hybridized carbons (Fsp3) is 0.643. The second kappa shape index (κ2) is 7.97. The predicted octanol–water partition coefficient (Wildman–Crippen LogP) is 2.57. The van der Waals surface area contributed by atoms with Crippen molar-refractivity contribution in [2.24, 2.45) is 17.8 Å². The van der Waals surface area contributed by atoms with Crippen LogP contribution in [0.15, 0.2) is 5.38 Å². The van der Waals surface area contributed by atoms with E-state index in [0.717, 1.165) is 0 Å². The molecule has 0 spiro atoms. The molecule has 0 fully saturated rings. The smallest absolute Gasteiger partial charge is 0.355 e. The summed E-state index contributed by atoms with van der Waals surface area (Å²) in [6.07, 6.45) is 0. The summed E-state index contributed by atoms with van der Waals surface area (Å²) >= 11 is 1.22. The highest BCUT2D eigenvalue weighted by Crippen LogP contribution is 2.19. The van der Waals surface area contributed by atoms with Gasteiger partial charge in [0.05, 0.1) is 6.54 Å². The molecule has 0 aliphatic carbocycles. The molecule has 0 unspecified atom stereocenters. The van der Waals surface area contributed by atoms with E-state index in [1.807, 2.05) is 0 Å². The van der Waals surface area contributed by atoms with Crippen molar-refractivity contribution in [3.05, 3.63) is 16.1 Å². The molecule has 2 amide bonds. The zero-order chi connectivity index (χ0) is 16.0. The number of hydrogen-bond donors (Lipinski definition) is 3. The SMILES string of the molecule is CC(C)C(CNC(=O)NCc1nc(C(=O)O)cs1)C(C)C. The number of carbonyl (C=O) groups excluding carboxylic acids is 1. The molecule has 0 aliphatic heterocycles. The molecule has 0 saturated carbocycles. The lowest BCUT2D eigenvalue weighted by Crippen LogP contribution is -2.40. The van der Waals surface area contributed by atoms with Crippen LogP contribution in [0.25, 0.3) is 0 Å². The van der Waals surface area contributed by atoms with E-state index >= 15 is 0 Å². The van der Waals surface area contributed by atoms with E-state index in [1.54, 1.807) is 0 Å². The maximum atomic E-state index is 11.7. The molecule has 1 rings (SSSR count). The fourth-order valence-electron chi connectivity index (χ4n) is 2.16. The minimum absolute atomic E-state index is 0.0110. The Kier molecular flexibility index (Phi) is 6.61. The Morgan fingerprint density at radius 2 is 1.86 bits per heavy atom. The molecule has 118 valence electrons. The number of urea groups is 1. The number of amides is 2. The topological polar surface area (TPSA) is 91.3 Å². The molecule has 7 heteroatoms. The molecule has 0 bridgehead atoms. The summed E-state index contributed by atoms with van der Waals surface area (Å²) in [5.41, 5.74) is 0.0110. The third-order valence-corrected chi connectivity index (χ3v) is 4.23. The summed E-state index contributed by atoms with van der Waals surface area (Å²) in [5.74, 6) is 0.373. The number of carbonyl (C=O) groups is 2. The first-order valence-electron chi connectivity index (χ1n) is 7.00. The van der Waals surface area contributed by atoms with Crippen LogP contribution in [0.1, 0.15) is 43.2 Å². The van der Waals surface area contributed by atoms with Crippen molar-refractivity contribution in [1.82, 2.24) is 15.6 Å². The number of rotatable bonds is 7. The number of aromatic nitrogens is 1. The van der Waals surface area contributed by atoms with Crippen LogP contribution in [-0.4, -0.2) is 28.6 Å². The van der Waals surface area contributed by atoms with Crippen LogP contribution in [0.3, 0.4) is 0 Å². The molecule has 0 radical (unpaired) electrons. The minimum atomic E-state index is -1.06. The van der Waals surface area contributed by atoms with Crippen LogP contribution in [0, 0.1) is 17.8 Å². The Hall–Kier alpha value is -1.63. The van der Waals surface area contributed by atoms with Crippen molar-refractivity contribution in [3.63, 3.8) is 0 Å². The number of hydrogen-bond acceptors (Lipinski definition) is 4. The number of carboxylic acid groups (broad SMARTS) is 1. The Labute approximate surface area is 129 Å². The van der Waals surface area contributed by atoms with Crippen LogP contribution < -0.4 is 10.6 Å². The van der Waals surface area contributed by atoms with Crippen molar-refractivity contribution in [1.29, 1.82) is 0 Å². The monoisotopic (exact) mass is 313 g/mol. The normalized spacial score (nSPS) is 11.2. The lowest BCUT2D eigenvalue weighted by Gasteiger charge is -2.25. The van der Waals surface area contributed by atoms with Crippen molar-refractivity contribution in [2.45, 2.75) is 34.2 Å². The zero-order valence-corrected chi connectivity index (χ0v) is 13.7. The highest BCUT2D eigenvalue weighted by Gasteiger charge is 2.18. The summed E-state index contributed by atoms with van der Waals surface area (Å²) in [7, 11) is 0. The van der Waals surface area contributed by atoms with Gasteiger partial charge >= 0.3 is 12.0 Å². The van der Waals surface area contributed by atoms with E-state index in [9.17, 15) is 9.59 Å². The first-order chi connectivity index (χ1) is 9.81. The van der Waals surface area contributed by atoms with Gasteiger partial charge in [-0.1, -0.05) is 27.7 Å². The van der Waals surface area contributed by atoms with E-state index < -0.39 is 5.97 Å². The van der Waals surface area contributed by atoms with Crippen LogP contribution in [0.2, 0.25) is 0 Å². The Balaban J connectivity index is 2.38. The maximum absolute atomic E-state index is 11.7. The Morgan fingerprint density at radius 1 is 1.24 bits per heavy atom. The van der Waals surface area contributed by atoms with E-state index in [1.165, 1.54) is 16.7 Å². The van der Waals surface area contributed by atoms with Crippen molar-refractivity contribution in [2.75, 3.05) is 6.54 Å². The van der Waals surface area contributed by atoms with Gasteiger partial charge in [-0.3, -0.25) is 0 Å². The minimum Gasteiger partial charge on any atom is -0.476 e. The van der Waals surface area contributed by atoms with Crippen LogP contribution in [0.4, 0.5) is 4.79 Å². The average molecular weight is 313 g/mol. The summed E-state index contributed by atoms with van der Waals surface area (Å²) in [5, 5.41) is 16.4. The molecule has 21 heavy (non-hydrogen) atoms. The van der Waals surface area contributed by atoms with E-state index in [0.29, 0.717) is 29.3 Å². The number of nitrogens with one attached hydrogen (secondary N) is 2. The Bertz CT molecular complexity index is 478. The van der Waals surface area contributed by atoms with Gasteiger partial charge in [0.1, 0.15) is 5.01 Å². The zero-order valence-electron chi connectivity index (χ0n) is 12.8. The molecule has 0 atom stereocenters. The lowest BCUT2D eigenvalue weighted by atomic mass is 9.85. The van der Waals surface area contributed by atoms with Crippen molar-refractivity contribution < 1.29 is 14.7 Å².